The third kappa shape index (κ3) is 2.67. The summed E-state index contributed by atoms with van der Waals surface area (Å²) >= 11 is 0. The highest BCUT2D eigenvalue weighted by Crippen LogP contribution is 1.95. The minimum absolute atomic E-state index is 0.0300. The first-order chi connectivity index (χ1) is 5.22. The van der Waals surface area contributed by atoms with Gasteiger partial charge in [-0.2, -0.15) is 0 Å². The number of likely N-dealkylation sites (N-methyl/N-ethyl adjacent to an activating group) is 1. The quantitative estimate of drug-likeness (QED) is 0.468. The smallest absolute Gasteiger partial charge is 0.254 e. The van der Waals surface area contributed by atoms with Crippen LogP contribution in [0.15, 0.2) is 0 Å². The Hall–Kier alpha value is -0.900. The van der Waals surface area contributed by atoms with Crippen molar-refractivity contribution in [1.29, 1.82) is 0 Å². The van der Waals surface area contributed by atoms with E-state index in [-0.39, 0.29) is 25.0 Å². The fourth-order valence-corrected chi connectivity index (χ4v) is 0.558. The van der Waals surface area contributed by atoms with Gasteiger partial charge in [-0.25, -0.2) is 0 Å². The number of amides is 2. The van der Waals surface area contributed by atoms with Crippen molar-refractivity contribution in [2.45, 2.75) is 13.8 Å². The van der Waals surface area contributed by atoms with Gasteiger partial charge in [0.25, 0.3) is 11.8 Å². The summed E-state index contributed by atoms with van der Waals surface area (Å²) in [5.41, 5.74) is 0. The molecule has 4 heteroatoms. The van der Waals surface area contributed by atoms with Crippen LogP contribution in [0.3, 0.4) is 0 Å². The molecule has 4 nitrogen and oxygen atoms in total. The Morgan fingerprint density at radius 2 is 1.55 bits per heavy atom. The molecular weight excluding hydrogens is 146 g/mol. The van der Waals surface area contributed by atoms with Gasteiger partial charge in [-0.05, 0) is 0 Å². The Morgan fingerprint density at radius 1 is 1.18 bits per heavy atom. The molecule has 0 aromatic rings. The SMILES string of the molecule is CC.CN1C(=O)COCC1=O. The van der Waals surface area contributed by atoms with Crippen molar-refractivity contribution in [1.82, 2.24) is 4.90 Å². The third-order valence-electron chi connectivity index (χ3n) is 1.20. The van der Waals surface area contributed by atoms with Crippen LogP contribution in [-0.2, 0) is 14.3 Å². The summed E-state index contributed by atoms with van der Waals surface area (Å²) in [5.74, 6) is -0.544. The van der Waals surface area contributed by atoms with Crippen LogP contribution >= 0.6 is 0 Å². The molecule has 0 radical (unpaired) electrons. The first kappa shape index (κ1) is 10.1. The summed E-state index contributed by atoms with van der Waals surface area (Å²) in [6.45, 7) is 4.06. The highest BCUT2D eigenvalue weighted by Gasteiger charge is 2.21. The number of rotatable bonds is 0. The van der Waals surface area contributed by atoms with E-state index < -0.39 is 0 Å². The zero-order valence-corrected chi connectivity index (χ0v) is 7.09. The van der Waals surface area contributed by atoms with E-state index in [9.17, 15) is 9.59 Å². The van der Waals surface area contributed by atoms with Gasteiger partial charge in [0.15, 0.2) is 0 Å². The van der Waals surface area contributed by atoms with Gasteiger partial charge in [-0.3, -0.25) is 14.5 Å². The molecule has 0 atom stereocenters. The molecule has 1 aliphatic rings. The molecule has 64 valence electrons. The number of carbonyl (C=O) groups is 2. The summed E-state index contributed by atoms with van der Waals surface area (Å²) < 4.78 is 4.62. The van der Waals surface area contributed by atoms with Crippen molar-refractivity contribution in [3.8, 4) is 0 Å². The van der Waals surface area contributed by atoms with Crippen molar-refractivity contribution in [3.63, 3.8) is 0 Å². The molecule has 1 aliphatic heterocycles. The van der Waals surface area contributed by atoms with Crippen molar-refractivity contribution in [3.05, 3.63) is 0 Å². The Labute approximate surface area is 66.1 Å². The molecule has 0 spiro atoms. The van der Waals surface area contributed by atoms with Gasteiger partial charge in [0.2, 0.25) is 0 Å². The fourth-order valence-electron chi connectivity index (χ4n) is 0.558. The summed E-state index contributed by atoms with van der Waals surface area (Å²) in [4.78, 5) is 22.2. The van der Waals surface area contributed by atoms with E-state index in [4.69, 9.17) is 0 Å². The van der Waals surface area contributed by atoms with E-state index >= 15 is 0 Å². The lowest BCUT2D eigenvalue weighted by atomic mass is 10.4. The maximum absolute atomic E-state index is 10.6. The molecular formula is C7H13NO3. The normalized spacial score (nSPS) is 17.5. The highest BCUT2D eigenvalue weighted by atomic mass is 16.5. The first-order valence-electron chi connectivity index (χ1n) is 3.59. The van der Waals surface area contributed by atoms with E-state index in [1.807, 2.05) is 13.8 Å². The van der Waals surface area contributed by atoms with Crippen LogP contribution in [0, 0.1) is 0 Å². The number of morpholine rings is 1. The highest BCUT2D eigenvalue weighted by molar-refractivity contribution is 5.97. The monoisotopic (exact) mass is 159 g/mol. The molecule has 1 saturated heterocycles. The van der Waals surface area contributed by atoms with E-state index in [0.717, 1.165) is 4.90 Å². The third-order valence-corrected chi connectivity index (χ3v) is 1.20. The topological polar surface area (TPSA) is 46.6 Å². The van der Waals surface area contributed by atoms with Crippen molar-refractivity contribution < 1.29 is 14.3 Å². The van der Waals surface area contributed by atoms with Gasteiger partial charge in [0, 0.05) is 7.05 Å². The van der Waals surface area contributed by atoms with Gasteiger partial charge in [-0.15, -0.1) is 0 Å². The number of carbonyl (C=O) groups excluding carboxylic acids is 2. The van der Waals surface area contributed by atoms with Gasteiger partial charge >= 0.3 is 0 Å². The van der Waals surface area contributed by atoms with Crippen molar-refractivity contribution in [2.75, 3.05) is 20.3 Å². The zero-order valence-electron chi connectivity index (χ0n) is 7.09. The minimum Gasteiger partial charge on any atom is -0.362 e. The molecule has 0 unspecified atom stereocenters. The number of imide groups is 1. The zero-order chi connectivity index (χ0) is 8.85. The van der Waals surface area contributed by atoms with Gasteiger partial charge in [0.05, 0.1) is 0 Å². The Kier molecular flexibility index (Phi) is 4.45. The first-order valence-corrected chi connectivity index (χ1v) is 3.59. The summed E-state index contributed by atoms with van der Waals surface area (Å²) in [7, 11) is 1.45. The van der Waals surface area contributed by atoms with E-state index in [1.54, 1.807) is 0 Å². The fraction of sp³-hybridized carbons (Fsp3) is 0.714. The van der Waals surface area contributed by atoms with Crippen molar-refractivity contribution >= 4 is 11.8 Å². The summed E-state index contributed by atoms with van der Waals surface area (Å²) in [6.07, 6.45) is 0. The van der Waals surface area contributed by atoms with Crippen LogP contribution < -0.4 is 0 Å². The second-order valence-electron chi connectivity index (χ2n) is 1.84. The van der Waals surface area contributed by atoms with E-state index in [1.165, 1.54) is 7.05 Å². The molecule has 0 N–H and O–H groups in total. The van der Waals surface area contributed by atoms with Crippen LogP contribution in [0.25, 0.3) is 0 Å². The molecule has 0 aromatic heterocycles. The molecule has 0 bridgehead atoms. The van der Waals surface area contributed by atoms with Crippen LogP contribution in [0.4, 0.5) is 0 Å². The molecule has 11 heavy (non-hydrogen) atoms. The Bertz CT molecular complexity index is 140. The summed E-state index contributed by atoms with van der Waals surface area (Å²) in [6, 6.07) is 0. The number of hydrogen-bond acceptors (Lipinski definition) is 3. The number of ether oxygens (including phenoxy) is 1. The largest absolute Gasteiger partial charge is 0.362 e. The standard InChI is InChI=1S/C5H7NO3.C2H6/c1-6-4(7)2-9-3-5(6)8;1-2/h2-3H2,1H3;1-2H3. The maximum atomic E-state index is 10.6. The molecule has 1 fully saturated rings. The molecule has 0 aliphatic carbocycles. The van der Waals surface area contributed by atoms with Crippen LogP contribution in [-0.4, -0.2) is 37.0 Å². The molecule has 1 rings (SSSR count). The second-order valence-corrected chi connectivity index (χ2v) is 1.84. The van der Waals surface area contributed by atoms with E-state index in [2.05, 4.69) is 4.74 Å². The number of hydrogen-bond donors (Lipinski definition) is 0. The molecule has 0 saturated carbocycles. The molecule has 0 aromatic carbocycles. The minimum atomic E-state index is -0.272. The number of nitrogens with zero attached hydrogens (tertiary/aromatic N) is 1. The van der Waals surface area contributed by atoms with Gasteiger partial charge in [0.1, 0.15) is 13.2 Å². The average Bonchev–Trinajstić information content (AvgIpc) is 2.04. The van der Waals surface area contributed by atoms with Gasteiger partial charge < -0.3 is 4.74 Å². The lowest BCUT2D eigenvalue weighted by molar-refractivity contribution is -0.156. The Balaban J connectivity index is 0.000000461. The van der Waals surface area contributed by atoms with Crippen LogP contribution in [0.2, 0.25) is 0 Å². The average molecular weight is 159 g/mol. The lowest BCUT2D eigenvalue weighted by Gasteiger charge is -2.19. The predicted octanol–water partition coefficient (Wildman–Crippen LogP) is 0.0278. The van der Waals surface area contributed by atoms with E-state index in [0.29, 0.717) is 0 Å². The van der Waals surface area contributed by atoms with Crippen LogP contribution in [0.5, 0.6) is 0 Å². The second kappa shape index (κ2) is 4.85. The van der Waals surface area contributed by atoms with Crippen molar-refractivity contribution in [2.24, 2.45) is 0 Å². The lowest BCUT2D eigenvalue weighted by Crippen LogP contribution is -2.43. The maximum Gasteiger partial charge on any atom is 0.254 e. The Morgan fingerprint density at radius 3 is 1.82 bits per heavy atom. The van der Waals surface area contributed by atoms with Gasteiger partial charge in [-0.1, -0.05) is 13.8 Å². The summed E-state index contributed by atoms with van der Waals surface area (Å²) in [5, 5.41) is 0. The molecule has 1 heterocycles. The molecule has 2 amide bonds. The van der Waals surface area contributed by atoms with Crippen LogP contribution in [0.1, 0.15) is 13.8 Å². The predicted molar refractivity (Wildman–Crippen MR) is 39.9 cm³/mol.